The molecule has 1 rings (SSSR count). The second kappa shape index (κ2) is 5.19. The first-order valence-electron chi connectivity index (χ1n) is 4.76. The average Bonchev–Trinajstić information content (AvgIpc) is 2.11. The highest BCUT2D eigenvalue weighted by Crippen LogP contribution is 2.13. The SMILES string of the molecule is CN(C)CC(O)Cc1cccc(F)c1F. The first-order chi connectivity index (χ1) is 7.00. The van der Waals surface area contributed by atoms with Crippen molar-refractivity contribution in [3.63, 3.8) is 0 Å². The van der Waals surface area contributed by atoms with Gasteiger partial charge in [-0.15, -0.1) is 0 Å². The molecular weight excluding hydrogens is 200 g/mol. The molecule has 84 valence electrons. The Morgan fingerprint density at radius 2 is 2.00 bits per heavy atom. The van der Waals surface area contributed by atoms with Gasteiger partial charge in [0.1, 0.15) is 0 Å². The molecule has 0 heterocycles. The predicted molar refractivity (Wildman–Crippen MR) is 54.6 cm³/mol. The van der Waals surface area contributed by atoms with Gasteiger partial charge in [-0.2, -0.15) is 0 Å². The normalized spacial score (nSPS) is 13.2. The summed E-state index contributed by atoms with van der Waals surface area (Å²) in [6.07, 6.45) is -0.557. The molecule has 0 aliphatic heterocycles. The van der Waals surface area contributed by atoms with Crippen molar-refractivity contribution in [1.29, 1.82) is 0 Å². The average molecular weight is 215 g/mol. The van der Waals surface area contributed by atoms with Crippen LogP contribution in [0.5, 0.6) is 0 Å². The van der Waals surface area contributed by atoms with Crippen molar-refractivity contribution in [2.45, 2.75) is 12.5 Å². The van der Waals surface area contributed by atoms with Crippen LogP contribution in [-0.2, 0) is 6.42 Å². The molecule has 0 saturated heterocycles. The van der Waals surface area contributed by atoms with Crippen LogP contribution >= 0.6 is 0 Å². The number of likely N-dealkylation sites (N-methyl/N-ethyl adjacent to an activating group) is 1. The van der Waals surface area contributed by atoms with E-state index in [2.05, 4.69) is 0 Å². The van der Waals surface area contributed by atoms with E-state index in [-0.39, 0.29) is 12.0 Å². The van der Waals surface area contributed by atoms with Crippen LogP contribution in [0.1, 0.15) is 5.56 Å². The number of rotatable bonds is 4. The lowest BCUT2D eigenvalue weighted by molar-refractivity contribution is 0.136. The van der Waals surface area contributed by atoms with E-state index >= 15 is 0 Å². The van der Waals surface area contributed by atoms with Crippen molar-refractivity contribution in [3.05, 3.63) is 35.4 Å². The zero-order chi connectivity index (χ0) is 11.4. The second-order valence-electron chi connectivity index (χ2n) is 3.83. The van der Waals surface area contributed by atoms with E-state index < -0.39 is 17.7 Å². The maximum Gasteiger partial charge on any atom is 0.162 e. The molecule has 2 nitrogen and oxygen atoms in total. The minimum Gasteiger partial charge on any atom is -0.391 e. The number of hydrogen-bond donors (Lipinski definition) is 1. The molecule has 0 radical (unpaired) electrons. The molecular formula is C11H15F2NO. The van der Waals surface area contributed by atoms with Gasteiger partial charge in [0.05, 0.1) is 6.10 Å². The number of nitrogens with zero attached hydrogens (tertiary/aromatic N) is 1. The number of halogens is 2. The van der Waals surface area contributed by atoms with Crippen molar-refractivity contribution >= 4 is 0 Å². The number of benzene rings is 1. The van der Waals surface area contributed by atoms with Crippen LogP contribution < -0.4 is 0 Å². The number of aliphatic hydroxyl groups is 1. The van der Waals surface area contributed by atoms with Gasteiger partial charge in [0.15, 0.2) is 11.6 Å². The first kappa shape index (κ1) is 12.1. The Bertz CT molecular complexity index is 328. The van der Waals surface area contributed by atoms with Crippen molar-refractivity contribution < 1.29 is 13.9 Å². The first-order valence-corrected chi connectivity index (χ1v) is 4.76. The Kier molecular flexibility index (Phi) is 4.17. The summed E-state index contributed by atoms with van der Waals surface area (Å²) in [5.74, 6) is -1.74. The Labute approximate surface area is 88.1 Å². The number of hydrogen-bond acceptors (Lipinski definition) is 2. The molecule has 0 amide bonds. The van der Waals surface area contributed by atoms with Crippen molar-refractivity contribution in [2.24, 2.45) is 0 Å². The lowest BCUT2D eigenvalue weighted by Gasteiger charge is -2.16. The maximum absolute atomic E-state index is 13.2. The Morgan fingerprint density at radius 3 is 2.60 bits per heavy atom. The van der Waals surface area contributed by atoms with Crippen LogP contribution in [0.25, 0.3) is 0 Å². The van der Waals surface area contributed by atoms with Gasteiger partial charge in [-0.1, -0.05) is 12.1 Å². The summed E-state index contributed by atoms with van der Waals surface area (Å²) in [6.45, 7) is 0.427. The van der Waals surface area contributed by atoms with Gasteiger partial charge in [0.2, 0.25) is 0 Å². The molecule has 1 N–H and O–H groups in total. The summed E-state index contributed by atoms with van der Waals surface area (Å²) in [5.41, 5.74) is 0.212. The highest BCUT2D eigenvalue weighted by atomic mass is 19.2. The molecule has 1 atom stereocenters. The fraction of sp³-hybridized carbons (Fsp3) is 0.455. The predicted octanol–water partition coefficient (Wildman–Crippen LogP) is 1.43. The number of aliphatic hydroxyl groups excluding tert-OH is 1. The fourth-order valence-corrected chi connectivity index (χ4v) is 1.45. The molecule has 1 unspecified atom stereocenters. The summed E-state index contributed by atoms with van der Waals surface area (Å²) in [5, 5.41) is 9.56. The van der Waals surface area contributed by atoms with E-state index in [0.717, 1.165) is 6.07 Å². The van der Waals surface area contributed by atoms with Crippen LogP contribution in [0.4, 0.5) is 8.78 Å². The summed E-state index contributed by atoms with van der Waals surface area (Å²) in [7, 11) is 3.62. The van der Waals surface area contributed by atoms with Crippen LogP contribution in [0, 0.1) is 11.6 Å². The smallest absolute Gasteiger partial charge is 0.162 e. The van der Waals surface area contributed by atoms with Crippen molar-refractivity contribution in [3.8, 4) is 0 Å². The monoisotopic (exact) mass is 215 g/mol. The summed E-state index contributed by atoms with van der Waals surface area (Å²) in [6, 6.07) is 3.99. The standard InChI is InChI=1S/C11H15F2NO/c1-14(2)7-9(15)6-8-4-3-5-10(12)11(8)13/h3-5,9,15H,6-7H2,1-2H3. The topological polar surface area (TPSA) is 23.5 Å². The van der Waals surface area contributed by atoms with Crippen LogP contribution in [-0.4, -0.2) is 36.8 Å². The summed E-state index contributed by atoms with van der Waals surface area (Å²) in [4.78, 5) is 1.79. The van der Waals surface area contributed by atoms with E-state index in [4.69, 9.17) is 0 Å². The second-order valence-corrected chi connectivity index (χ2v) is 3.83. The molecule has 0 aromatic heterocycles. The highest BCUT2D eigenvalue weighted by Gasteiger charge is 2.12. The van der Waals surface area contributed by atoms with Gasteiger partial charge >= 0.3 is 0 Å². The van der Waals surface area contributed by atoms with Gasteiger partial charge < -0.3 is 10.0 Å². The van der Waals surface area contributed by atoms with Gasteiger partial charge in [0, 0.05) is 13.0 Å². The largest absolute Gasteiger partial charge is 0.391 e. The molecule has 1 aromatic rings. The minimum atomic E-state index is -0.871. The van der Waals surface area contributed by atoms with E-state index in [0.29, 0.717) is 6.54 Å². The molecule has 0 aliphatic carbocycles. The van der Waals surface area contributed by atoms with Gasteiger partial charge in [-0.25, -0.2) is 8.78 Å². The zero-order valence-corrected chi connectivity index (χ0v) is 8.87. The highest BCUT2D eigenvalue weighted by molar-refractivity contribution is 5.19. The third kappa shape index (κ3) is 3.57. The van der Waals surface area contributed by atoms with E-state index in [9.17, 15) is 13.9 Å². The molecule has 0 aliphatic rings. The summed E-state index contributed by atoms with van der Waals surface area (Å²) < 4.78 is 26.0. The maximum atomic E-state index is 13.2. The third-order valence-corrected chi connectivity index (χ3v) is 2.06. The van der Waals surface area contributed by atoms with Crippen molar-refractivity contribution in [1.82, 2.24) is 4.90 Å². The van der Waals surface area contributed by atoms with E-state index in [1.807, 2.05) is 14.1 Å². The van der Waals surface area contributed by atoms with Gasteiger partial charge in [-0.3, -0.25) is 0 Å². The lowest BCUT2D eigenvalue weighted by atomic mass is 10.1. The molecule has 0 saturated carbocycles. The Morgan fingerprint density at radius 1 is 1.33 bits per heavy atom. The molecule has 0 fully saturated rings. The molecule has 1 aromatic carbocycles. The quantitative estimate of drug-likeness (QED) is 0.821. The van der Waals surface area contributed by atoms with E-state index in [1.165, 1.54) is 12.1 Å². The summed E-state index contributed by atoms with van der Waals surface area (Å²) >= 11 is 0. The Hall–Kier alpha value is -1.00. The molecule has 0 bridgehead atoms. The third-order valence-electron chi connectivity index (χ3n) is 2.06. The van der Waals surface area contributed by atoms with Crippen LogP contribution in [0.2, 0.25) is 0 Å². The lowest BCUT2D eigenvalue weighted by Crippen LogP contribution is -2.27. The van der Waals surface area contributed by atoms with Crippen LogP contribution in [0.15, 0.2) is 18.2 Å². The molecule has 0 spiro atoms. The Balaban J connectivity index is 2.68. The minimum absolute atomic E-state index is 0.127. The van der Waals surface area contributed by atoms with Crippen LogP contribution in [0.3, 0.4) is 0 Å². The zero-order valence-electron chi connectivity index (χ0n) is 8.87. The molecule has 4 heteroatoms. The van der Waals surface area contributed by atoms with Gasteiger partial charge in [0.25, 0.3) is 0 Å². The van der Waals surface area contributed by atoms with Crippen molar-refractivity contribution in [2.75, 3.05) is 20.6 Å². The van der Waals surface area contributed by atoms with Gasteiger partial charge in [-0.05, 0) is 25.7 Å². The fourth-order valence-electron chi connectivity index (χ4n) is 1.45. The van der Waals surface area contributed by atoms with E-state index in [1.54, 1.807) is 4.90 Å². The molecule has 15 heavy (non-hydrogen) atoms.